The third kappa shape index (κ3) is 5.99. The van der Waals surface area contributed by atoms with E-state index in [0.717, 1.165) is 70.5 Å². The van der Waals surface area contributed by atoms with Crippen LogP contribution in [0.2, 0.25) is 0 Å². The highest BCUT2D eigenvalue weighted by molar-refractivity contribution is 5.76. The van der Waals surface area contributed by atoms with E-state index < -0.39 is 0 Å². The molecule has 0 bridgehead atoms. The molecule has 7 heteroatoms. The second kappa shape index (κ2) is 11.5. The predicted octanol–water partition coefficient (Wildman–Crippen LogP) is 5.08. The normalized spacial score (nSPS) is 16.2. The smallest absolute Gasteiger partial charge is 0.231 e. The Morgan fingerprint density at radius 3 is 2.39 bits per heavy atom. The number of nitrogens with zero attached hydrogens (tertiary/aromatic N) is 4. The van der Waals surface area contributed by atoms with Crippen LogP contribution in [-0.4, -0.2) is 53.0 Å². The quantitative estimate of drug-likeness (QED) is 0.451. The topological polar surface area (TPSA) is 84.6 Å². The van der Waals surface area contributed by atoms with Crippen molar-refractivity contribution in [2.24, 2.45) is 5.73 Å². The summed E-state index contributed by atoms with van der Waals surface area (Å²) in [7, 11) is 0. The number of ether oxygens (including phenoxy) is 1. The molecule has 202 valence electrons. The van der Waals surface area contributed by atoms with E-state index in [1.807, 2.05) is 6.92 Å². The molecule has 1 atom stereocenters. The van der Waals surface area contributed by atoms with Gasteiger partial charge in [-0.1, -0.05) is 44.2 Å². The number of hydrogen-bond donors (Lipinski definition) is 1. The average molecular weight is 516 g/mol. The summed E-state index contributed by atoms with van der Waals surface area (Å²) in [6.45, 7) is 17.8. The maximum Gasteiger partial charge on any atom is 0.231 e. The van der Waals surface area contributed by atoms with Gasteiger partial charge in [-0.2, -0.15) is 0 Å². The van der Waals surface area contributed by atoms with Crippen LogP contribution in [0.1, 0.15) is 60.2 Å². The lowest BCUT2D eigenvalue weighted by molar-refractivity contribution is -0.119. The van der Waals surface area contributed by atoms with Gasteiger partial charge in [-0.3, -0.25) is 9.69 Å². The number of carbonyl (C=O) groups is 1. The predicted molar refractivity (Wildman–Crippen MR) is 154 cm³/mol. The summed E-state index contributed by atoms with van der Waals surface area (Å²) in [5, 5.41) is 0. The molecule has 3 aromatic rings. The fourth-order valence-corrected chi connectivity index (χ4v) is 5.26. The average Bonchev–Trinajstić information content (AvgIpc) is 2.83. The van der Waals surface area contributed by atoms with Gasteiger partial charge >= 0.3 is 0 Å². The maximum absolute atomic E-state index is 11.5. The van der Waals surface area contributed by atoms with E-state index in [1.54, 1.807) is 0 Å². The summed E-state index contributed by atoms with van der Waals surface area (Å²) >= 11 is 0. The van der Waals surface area contributed by atoms with Crippen LogP contribution < -0.4 is 15.4 Å². The first-order valence-corrected chi connectivity index (χ1v) is 13.5. The number of aryl methyl sites for hydroxylation is 4. The second-order valence-electron chi connectivity index (χ2n) is 10.9. The number of nitrogens with two attached hydrogens (primary N) is 1. The minimum Gasteiger partial charge on any atom is -0.488 e. The minimum absolute atomic E-state index is 0.146. The molecule has 0 aliphatic carbocycles. The molecule has 1 aliphatic rings. The largest absolute Gasteiger partial charge is 0.488 e. The Morgan fingerprint density at radius 1 is 1.05 bits per heavy atom. The molecule has 38 heavy (non-hydrogen) atoms. The van der Waals surface area contributed by atoms with Crippen molar-refractivity contribution in [3.63, 3.8) is 0 Å². The number of anilines is 1. The number of primary amides is 1. The molecule has 7 nitrogen and oxygen atoms in total. The molecule has 2 N–H and O–H groups in total. The molecule has 1 aromatic heterocycles. The van der Waals surface area contributed by atoms with Gasteiger partial charge in [0, 0.05) is 31.2 Å². The Morgan fingerprint density at radius 2 is 1.76 bits per heavy atom. The lowest BCUT2D eigenvalue weighted by atomic mass is 10.0. The summed E-state index contributed by atoms with van der Waals surface area (Å²) in [6.07, 6.45) is 0. The summed E-state index contributed by atoms with van der Waals surface area (Å²) in [4.78, 5) is 26.2. The lowest BCUT2D eigenvalue weighted by Gasteiger charge is -2.41. The number of piperazine rings is 1. The van der Waals surface area contributed by atoms with Crippen LogP contribution in [0.3, 0.4) is 0 Å². The molecule has 1 aliphatic heterocycles. The van der Waals surface area contributed by atoms with E-state index in [1.165, 1.54) is 5.56 Å². The molecule has 1 fully saturated rings. The Labute approximate surface area is 227 Å². The van der Waals surface area contributed by atoms with E-state index in [2.05, 4.69) is 87.7 Å². The highest BCUT2D eigenvalue weighted by Gasteiger charge is 2.29. The molecule has 1 saturated heterocycles. The fraction of sp³-hybridized carbons (Fsp3) is 0.452. The van der Waals surface area contributed by atoms with Gasteiger partial charge in [0.2, 0.25) is 5.91 Å². The monoisotopic (exact) mass is 515 g/mol. The van der Waals surface area contributed by atoms with Crippen molar-refractivity contribution < 1.29 is 9.53 Å². The van der Waals surface area contributed by atoms with Gasteiger partial charge < -0.3 is 15.4 Å². The molecular formula is C31H41N5O2. The highest BCUT2D eigenvalue weighted by atomic mass is 16.5. The number of rotatable bonds is 8. The van der Waals surface area contributed by atoms with Crippen LogP contribution in [0, 0.1) is 27.7 Å². The molecule has 2 heterocycles. The molecule has 4 rings (SSSR count). The van der Waals surface area contributed by atoms with E-state index in [0.29, 0.717) is 12.5 Å². The summed E-state index contributed by atoms with van der Waals surface area (Å²) in [5.74, 6) is 2.65. The Kier molecular flexibility index (Phi) is 8.36. The number of carbonyl (C=O) groups excluding carboxylic acids is 1. The minimum atomic E-state index is -0.297. The number of hydrogen-bond acceptors (Lipinski definition) is 6. The Balaban J connectivity index is 1.74. The van der Waals surface area contributed by atoms with Crippen LogP contribution in [0.5, 0.6) is 5.75 Å². The fourth-order valence-electron chi connectivity index (χ4n) is 5.26. The van der Waals surface area contributed by atoms with Crippen molar-refractivity contribution in [3.8, 4) is 17.1 Å². The van der Waals surface area contributed by atoms with E-state index >= 15 is 0 Å². The van der Waals surface area contributed by atoms with Crippen molar-refractivity contribution in [1.29, 1.82) is 0 Å². The van der Waals surface area contributed by atoms with E-state index in [9.17, 15) is 4.79 Å². The molecule has 0 radical (unpaired) electrons. The van der Waals surface area contributed by atoms with Gasteiger partial charge in [0.25, 0.3) is 0 Å². The van der Waals surface area contributed by atoms with Gasteiger partial charge in [-0.05, 0) is 68.9 Å². The summed E-state index contributed by atoms with van der Waals surface area (Å²) < 4.78 is 6.45. The van der Waals surface area contributed by atoms with Gasteiger partial charge in [-0.15, -0.1) is 0 Å². The van der Waals surface area contributed by atoms with Crippen LogP contribution in [0.25, 0.3) is 11.4 Å². The SMILES string of the molecule is Cc1ccc(C(C)C)cc1OCc1c(C)nc(-c2c(C)cccc2C)nc1N1CCN(CC(N)=O)C[C@H]1C. The first-order chi connectivity index (χ1) is 18.0. The van der Waals surface area contributed by atoms with E-state index in [-0.39, 0.29) is 18.5 Å². The van der Waals surface area contributed by atoms with Gasteiger partial charge in [-0.25, -0.2) is 9.97 Å². The summed E-state index contributed by atoms with van der Waals surface area (Å²) in [6, 6.07) is 12.9. The molecule has 1 amide bonds. The van der Waals surface area contributed by atoms with Crippen LogP contribution >= 0.6 is 0 Å². The first kappa shape index (κ1) is 27.6. The molecule has 0 saturated carbocycles. The van der Waals surface area contributed by atoms with Crippen molar-refractivity contribution >= 4 is 11.7 Å². The van der Waals surface area contributed by atoms with Gasteiger partial charge in [0.1, 0.15) is 18.2 Å². The van der Waals surface area contributed by atoms with Crippen molar-refractivity contribution in [1.82, 2.24) is 14.9 Å². The van der Waals surface area contributed by atoms with Crippen molar-refractivity contribution in [2.45, 2.75) is 67.0 Å². The third-order valence-electron chi connectivity index (χ3n) is 7.51. The Bertz CT molecular complexity index is 1300. The lowest BCUT2D eigenvalue weighted by Crippen LogP contribution is -2.54. The highest BCUT2D eigenvalue weighted by Crippen LogP contribution is 2.32. The summed E-state index contributed by atoms with van der Waals surface area (Å²) in [5.41, 5.74) is 13.1. The van der Waals surface area contributed by atoms with Crippen LogP contribution in [0.4, 0.5) is 5.82 Å². The standard InChI is InChI=1S/C31H41N5O2/c1-19(2)25-12-11-20(3)27(15-25)38-18-26-24(7)33-30(29-21(4)9-8-10-22(29)5)34-31(26)36-14-13-35(16-23(36)6)17-28(32)37/h8-12,15,19,23H,13-14,16-18H2,1-7H3,(H2,32,37)/t23-/m1/s1. The molecular weight excluding hydrogens is 474 g/mol. The number of amides is 1. The maximum atomic E-state index is 11.5. The molecule has 2 aromatic carbocycles. The van der Waals surface area contributed by atoms with Crippen molar-refractivity contribution in [2.75, 3.05) is 31.1 Å². The third-order valence-corrected chi connectivity index (χ3v) is 7.51. The first-order valence-electron chi connectivity index (χ1n) is 13.5. The van der Waals surface area contributed by atoms with Crippen molar-refractivity contribution in [3.05, 3.63) is 69.9 Å². The molecule has 0 unspecified atom stereocenters. The van der Waals surface area contributed by atoms with Crippen LogP contribution in [-0.2, 0) is 11.4 Å². The zero-order chi connectivity index (χ0) is 27.6. The second-order valence-corrected chi connectivity index (χ2v) is 10.9. The van der Waals surface area contributed by atoms with Crippen LogP contribution in [0.15, 0.2) is 36.4 Å². The zero-order valence-corrected chi connectivity index (χ0v) is 23.8. The molecule has 0 spiro atoms. The number of aromatic nitrogens is 2. The van der Waals surface area contributed by atoms with Gasteiger partial charge in [0.05, 0.1) is 17.8 Å². The number of benzene rings is 2. The Hall–Kier alpha value is -3.45. The zero-order valence-electron chi connectivity index (χ0n) is 23.8. The van der Waals surface area contributed by atoms with E-state index in [4.69, 9.17) is 20.4 Å². The van der Waals surface area contributed by atoms with Gasteiger partial charge in [0.15, 0.2) is 5.82 Å².